The van der Waals surface area contributed by atoms with Crippen molar-refractivity contribution in [2.45, 2.75) is 25.9 Å². The van der Waals surface area contributed by atoms with E-state index in [0.29, 0.717) is 0 Å². The molecule has 0 radical (unpaired) electrons. The SMILES string of the molecule is C/C(=C1\CCC1O)c1ccc(Br)cc1. The van der Waals surface area contributed by atoms with Crippen molar-refractivity contribution in [3.05, 3.63) is 39.9 Å². The van der Waals surface area contributed by atoms with Gasteiger partial charge in [0.2, 0.25) is 0 Å². The summed E-state index contributed by atoms with van der Waals surface area (Å²) in [5.74, 6) is 0. The molecule has 2 heteroatoms. The third-order valence-electron chi connectivity index (χ3n) is 2.85. The molecule has 1 atom stereocenters. The summed E-state index contributed by atoms with van der Waals surface area (Å²) in [4.78, 5) is 0. The molecule has 1 aromatic carbocycles. The molecule has 0 aromatic heterocycles. The summed E-state index contributed by atoms with van der Waals surface area (Å²) >= 11 is 3.41. The van der Waals surface area contributed by atoms with E-state index < -0.39 is 0 Å². The van der Waals surface area contributed by atoms with Gasteiger partial charge in [-0.1, -0.05) is 28.1 Å². The van der Waals surface area contributed by atoms with Crippen molar-refractivity contribution < 1.29 is 5.11 Å². The Labute approximate surface area is 92.6 Å². The van der Waals surface area contributed by atoms with Crippen molar-refractivity contribution in [1.29, 1.82) is 0 Å². The van der Waals surface area contributed by atoms with Gasteiger partial charge in [-0.2, -0.15) is 0 Å². The van der Waals surface area contributed by atoms with E-state index in [2.05, 4.69) is 35.0 Å². The van der Waals surface area contributed by atoms with Gasteiger partial charge in [-0.05, 0) is 48.6 Å². The molecule has 74 valence electrons. The van der Waals surface area contributed by atoms with E-state index in [1.165, 1.54) is 16.7 Å². The van der Waals surface area contributed by atoms with Gasteiger partial charge in [-0.25, -0.2) is 0 Å². The molecule has 1 unspecified atom stereocenters. The second-order valence-electron chi connectivity index (χ2n) is 3.71. The van der Waals surface area contributed by atoms with Gasteiger partial charge in [0.25, 0.3) is 0 Å². The lowest BCUT2D eigenvalue weighted by molar-refractivity contribution is 0.157. The normalized spacial score (nSPS) is 24.4. The molecule has 1 aliphatic rings. The summed E-state index contributed by atoms with van der Waals surface area (Å²) in [7, 11) is 0. The summed E-state index contributed by atoms with van der Waals surface area (Å²) in [5, 5.41) is 9.53. The van der Waals surface area contributed by atoms with Crippen LogP contribution in [-0.4, -0.2) is 11.2 Å². The summed E-state index contributed by atoms with van der Waals surface area (Å²) in [6.07, 6.45) is 1.77. The average Bonchev–Trinajstić information content (AvgIpc) is 2.16. The highest BCUT2D eigenvalue weighted by atomic mass is 79.9. The van der Waals surface area contributed by atoms with Crippen LogP contribution in [0.5, 0.6) is 0 Å². The van der Waals surface area contributed by atoms with Crippen LogP contribution in [0.25, 0.3) is 5.57 Å². The summed E-state index contributed by atoms with van der Waals surface area (Å²) in [6, 6.07) is 8.23. The smallest absolute Gasteiger partial charge is 0.0759 e. The Morgan fingerprint density at radius 2 is 2.00 bits per heavy atom. The zero-order chi connectivity index (χ0) is 10.1. The molecule has 0 saturated heterocycles. The van der Waals surface area contributed by atoms with Crippen LogP contribution in [0.1, 0.15) is 25.3 Å². The summed E-state index contributed by atoms with van der Waals surface area (Å²) in [6.45, 7) is 2.08. The number of aliphatic hydroxyl groups is 1. The van der Waals surface area contributed by atoms with Crippen molar-refractivity contribution >= 4 is 21.5 Å². The monoisotopic (exact) mass is 252 g/mol. The Balaban J connectivity index is 2.31. The van der Waals surface area contributed by atoms with Crippen LogP contribution in [0.3, 0.4) is 0 Å². The molecule has 14 heavy (non-hydrogen) atoms. The average molecular weight is 253 g/mol. The number of aliphatic hydroxyl groups excluding tert-OH is 1. The van der Waals surface area contributed by atoms with Gasteiger partial charge >= 0.3 is 0 Å². The highest BCUT2D eigenvalue weighted by Gasteiger charge is 2.23. The predicted octanol–water partition coefficient (Wildman–Crippen LogP) is 3.38. The molecule has 1 nitrogen and oxygen atoms in total. The minimum absolute atomic E-state index is 0.196. The first-order chi connectivity index (χ1) is 6.68. The van der Waals surface area contributed by atoms with Gasteiger partial charge in [-0.3, -0.25) is 0 Å². The molecule has 1 N–H and O–H groups in total. The van der Waals surface area contributed by atoms with Crippen LogP contribution in [0.2, 0.25) is 0 Å². The summed E-state index contributed by atoms with van der Waals surface area (Å²) < 4.78 is 1.09. The van der Waals surface area contributed by atoms with E-state index in [1.807, 2.05) is 12.1 Å². The van der Waals surface area contributed by atoms with Crippen molar-refractivity contribution in [2.75, 3.05) is 0 Å². The topological polar surface area (TPSA) is 20.2 Å². The second kappa shape index (κ2) is 3.87. The quantitative estimate of drug-likeness (QED) is 0.813. The highest BCUT2D eigenvalue weighted by Crippen LogP contribution is 2.33. The maximum atomic E-state index is 9.53. The molecular formula is C12H13BrO. The fourth-order valence-corrected chi connectivity index (χ4v) is 2.00. The Morgan fingerprint density at radius 1 is 1.36 bits per heavy atom. The largest absolute Gasteiger partial charge is 0.389 e. The first-order valence-corrected chi connectivity index (χ1v) is 5.61. The molecule has 2 rings (SSSR count). The maximum Gasteiger partial charge on any atom is 0.0759 e. The van der Waals surface area contributed by atoms with E-state index in [4.69, 9.17) is 0 Å². The Kier molecular flexibility index (Phi) is 2.75. The van der Waals surface area contributed by atoms with Crippen LogP contribution in [0.15, 0.2) is 34.3 Å². The van der Waals surface area contributed by atoms with Crippen LogP contribution in [0, 0.1) is 0 Å². The zero-order valence-corrected chi connectivity index (χ0v) is 9.71. The molecule has 1 fully saturated rings. The minimum atomic E-state index is -0.196. The molecule has 1 saturated carbocycles. The number of halogens is 1. The molecule has 0 bridgehead atoms. The number of hydrogen-bond donors (Lipinski definition) is 1. The van der Waals surface area contributed by atoms with E-state index in [1.54, 1.807) is 0 Å². The third-order valence-corrected chi connectivity index (χ3v) is 3.38. The number of rotatable bonds is 1. The van der Waals surface area contributed by atoms with Gasteiger partial charge in [0.1, 0.15) is 0 Å². The number of hydrogen-bond acceptors (Lipinski definition) is 1. The van der Waals surface area contributed by atoms with E-state index in [9.17, 15) is 5.11 Å². The Hall–Kier alpha value is -0.600. The molecule has 0 heterocycles. The lowest BCUT2D eigenvalue weighted by Crippen LogP contribution is -2.22. The third kappa shape index (κ3) is 1.77. The standard InChI is InChI=1S/C12H13BrO/c1-8(11-6-7-12(11)14)9-2-4-10(13)5-3-9/h2-5,12,14H,6-7H2,1H3/b11-8-. The van der Waals surface area contributed by atoms with Crippen molar-refractivity contribution in [2.24, 2.45) is 0 Å². The Bertz CT molecular complexity index is 364. The van der Waals surface area contributed by atoms with E-state index >= 15 is 0 Å². The lowest BCUT2D eigenvalue weighted by atomic mass is 9.83. The van der Waals surface area contributed by atoms with Crippen LogP contribution in [-0.2, 0) is 0 Å². The highest BCUT2D eigenvalue weighted by molar-refractivity contribution is 9.10. The van der Waals surface area contributed by atoms with Gasteiger partial charge in [-0.15, -0.1) is 0 Å². The van der Waals surface area contributed by atoms with Gasteiger partial charge < -0.3 is 5.11 Å². The van der Waals surface area contributed by atoms with Crippen molar-refractivity contribution in [3.63, 3.8) is 0 Å². The van der Waals surface area contributed by atoms with Gasteiger partial charge in [0.15, 0.2) is 0 Å². The van der Waals surface area contributed by atoms with Crippen LogP contribution >= 0.6 is 15.9 Å². The first kappa shape index (κ1) is 9.94. The summed E-state index contributed by atoms with van der Waals surface area (Å²) in [5.41, 5.74) is 3.64. The van der Waals surface area contributed by atoms with Crippen LogP contribution < -0.4 is 0 Å². The molecule has 1 aromatic rings. The zero-order valence-electron chi connectivity index (χ0n) is 8.13. The number of allylic oxidation sites excluding steroid dienone is 1. The molecule has 0 spiro atoms. The Morgan fingerprint density at radius 3 is 2.43 bits per heavy atom. The molecule has 0 amide bonds. The minimum Gasteiger partial charge on any atom is -0.389 e. The predicted molar refractivity (Wildman–Crippen MR) is 62.0 cm³/mol. The van der Waals surface area contributed by atoms with Gasteiger partial charge in [0.05, 0.1) is 6.10 Å². The van der Waals surface area contributed by atoms with E-state index in [-0.39, 0.29) is 6.10 Å². The maximum absolute atomic E-state index is 9.53. The molecule has 0 aliphatic heterocycles. The molecule has 1 aliphatic carbocycles. The van der Waals surface area contributed by atoms with Crippen LogP contribution in [0.4, 0.5) is 0 Å². The lowest BCUT2D eigenvalue weighted by Gasteiger charge is -2.27. The fourth-order valence-electron chi connectivity index (χ4n) is 1.74. The van der Waals surface area contributed by atoms with Gasteiger partial charge in [0, 0.05) is 4.47 Å². The van der Waals surface area contributed by atoms with Crippen molar-refractivity contribution in [1.82, 2.24) is 0 Å². The first-order valence-electron chi connectivity index (χ1n) is 4.82. The van der Waals surface area contributed by atoms with E-state index in [0.717, 1.165) is 17.3 Å². The van der Waals surface area contributed by atoms with Crippen molar-refractivity contribution in [3.8, 4) is 0 Å². The molecular weight excluding hydrogens is 240 g/mol. The number of benzene rings is 1. The fraction of sp³-hybridized carbons (Fsp3) is 0.333. The second-order valence-corrected chi connectivity index (χ2v) is 4.63.